The molecule has 1 aromatic heterocycles. The quantitative estimate of drug-likeness (QED) is 0.942. The number of hydrogen-bond acceptors (Lipinski definition) is 2. The van der Waals surface area contributed by atoms with E-state index in [0.29, 0.717) is 18.5 Å². The van der Waals surface area contributed by atoms with E-state index >= 15 is 0 Å². The lowest BCUT2D eigenvalue weighted by Crippen LogP contribution is -2.40. The number of carbonyl (C=O) groups is 2. The third-order valence-electron chi connectivity index (χ3n) is 4.16. The summed E-state index contributed by atoms with van der Waals surface area (Å²) in [5.74, 6) is -1.09. The fraction of sp³-hybridized carbons (Fsp3) is 0.375. The lowest BCUT2D eigenvalue weighted by Gasteiger charge is -2.21. The highest BCUT2D eigenvalue weighted by atomic mass is 16.4. The van der Waals surface area contributed by atoms with E-state index in [-0.39, 0.29) is 5.91 Å². The molecule has 21 heavy (non-hydrogen) atoms. The van der Waals surface area contributed by atoms with E-state index in [2.05, 4.69) is 0 Å². The smallest absolute Gasteiger partial charge is 0.326 e. The van der Waals surface area contributed by atoms with E-state index < -0.39 is 12.0 Å². The van der Waals surface area contributed by atoms with Gasteiger partial charge in [0.05, 0.1) is 5.56 Å². The molecule has 0 aliphatic carbocycles. The minimum absolute atomic E-state index is 0.177. The number of amides is 1. The summed E-state index contributed by atoms with van der Waals surface area (Å²) >= 11 is 0. The fourth-order valence-corrected chi connectivity index (χ4v) is 3.10. The number of fused-ring (bicyclic) bond motifs is 1. The molecular formula is C16H18N2O3. The van der Waals surface area contributed by atoms with E-state index in [0.717, 1.165) is 23.9 Å². The second-order valence-corrected chi connectivity index (χ2v) is 5.34. The SMILES string of the molecule is CCn1cc(C(=O)N2CCC[C@@H]2C(=O)O)c2ccccc21. The molecule has 2 heterocycles. The van der Waals surface area contributed by atoms with Crippen LogP contribution in [0.15, 0.2) is 30.5 Å². The Kier molecular flexibility index (Phi) is 3.41. The van der Waals surface area contributed by atoms with Gasteiger partial charge in [0.2, 0.25) is 0 Å². The Balaban J connectivity index is 2.04. The number of aromatic nitrogens is 1. The molecule has 5 heteroatoms. The molecule has 0 unspecified atom stereocenters. The molecule has 1 aromatic carbocycles. The van der Waals surface area contributed by atoms with Crippen LogP contribution in [0.3, 0.4) is 0 Å². The number of para-hydroxylation sites is 1. The first-order chi connectivity index (χ1) is 10.1. The van der Waals surface area contributed by atoms with Gasteiger partial charge in [-0.1, -0.05) is 18.2 Å². The molecule has 3 rings (SSSR count). The number of aryl methyl sites for hydroxylation is 1. The van der Waals surface area contributed by atoms with Gasteiger partial charge in [0, 0.05) is 30.2 Å². The summed E-state index contributed by atoms with van der Waals surface area (Å²) in [6, 6.07) is 7.05. The number of benzene rings is 1. The zero-order valence-electron chi connectivity index (χ0n) is 12.0. The Morgan fingerprint density at radius 2 is 2.10 bits per heavy atom. The van der Waals surface area contributed by atoms with Gasteiger partial charge in [-0.25, -0.2) is 4.79 Å². The second kappa shape index (κ2) is 5.24. The van der Waals surface area contributed by atoms with Crippen LogP contribution in [0.2, 0.25) is 0 Å². The van der Waals surface area contributed by atoms with Gasteiger partial charge in [0.1, 0.15) is 6.04 Å². The number of carboxylic acids is 1. The number of nitrogens with zero attached hydrogens (tertiary/aromatic N) is 2. The molecule has 5 nitrogen and oxygen atoms in total. The van der Waals surface area contributed by atoms with Crippen molar-refractivity contribution in [3.63, 3.8) is 0 Å². The molecular weight excluding hydrogens is 268 g/mol. The highest BCUT2D eigenvalue weighted by molar-refractivity contribution is 6.08. The largest absolute Gasteiger partial charge is 0.480 e. The van der Waals surface area contributed by atoms with Crippen molar-refractivity contribution < 1.29 is 14.7 Å². The maximum absolute atomic E-state index is 12.8. The average molecular weight is 286 g/mol. The molecule has 1 aliphatic heterocycles. The van der Waals surface area contributed by atoms with Crippen LogP contribution < -0.4 is 0 Å². The Morgan fingerprint density at radius 3 is 2.81 bits per heavy atom. The standard InChI is InChI=1S/C16H18N2O3/c1-2-17-10-12(11-6-3-4-7-13(11)17)15(19)18-9-5-8-14(18)16(20)21/h3-4,6-7,10,14H,2,5,8-9H2,1H3,(H,20,21)/t14-/m1/s1. The van der Waals surface area contributed by atoms with Gasteiger partial charge in [0.15, 0.2) is 0 Å². The van der Waals surface area contributed by atoms with Crippen LogP contribution in [0.4, 0.5) is 0 Å². The van der Waals surface area contributed by atoms with Gasteiger partial charge in [-0.15, -0.1) is 0 Å². The van der Waals surface area contributed by atoms with Gasteiger partial charge in [-0.3, -0.25) is 4.79 Å². The van der Waals surface area contributed by atoms with Crippen molar-refractivity contribution in [3.05, 3.63) is 36.0 Å². The van der Waals surface area contributed by atoms with Crippen LogP contribution in [-0.2, 0) is 11.3 Å². The van der Waals surface area contributed by atoms with Crippen molar-refractivity contribution in [1.29, 1.82) is 0 Å². The zero-order chi connectivity index (χ0) is 15.0. The lowest BCUT2D eigenvalue weighted by atomic mass is 10.1. The van der Waals surface area contributed by atoms with Crippen molar-refractivity contribution in [2.45, 2.75) is 32.4 Å². The molecule has 0 bridgehead atoms. The van der Waals surface area contributed by atoms with Crippen molar-refractivity contribution >= 4 is 22.8 Å². The molecule has 1 saturated heterocycles. The summed E-state index contributed by atoms with van der Waals surface area (Å²) in [6.45, 7) is 3.31. The number of aliphatic carboxylic acids is 1. The number of carboxylic acid groups (broad SMARTS) is 1. The summed E-state index contributed by atoms with van der Waals surface area (Å²) < 4.78 is 2.02. The normalized spacial score (nSPS) is 18.3. The zero-order valence-corrected chi connectivity index (χ0v) is 12.0. The lowest BCUT2D eigenvalue weighted by molar-refractivity contribution is -0.141. The maximum Gasteiger partial charge on any atom is 0.326 e. The molecule has 1 fully saturated rings. The van der Waals surface area contributed by atoms with Crippen LogP contribution in [-0.4, -0.2) is 39.0 Å². The Morgan fingerprint density at radius 1 is 1.33 bits per heavy atom. The van der Waals surface area contributed by atoms with Gasteiger partial charge in [-0.2, -0.15) is 0 Å². The van der Waals surface area contributed by atoms with Crippen LogP contribution in [0.1, 0.15) is 30.1 Å². The third-order valence-corrected chi connectivity index (χ3v) is 4.16. The van der Waals surface area contributed by atoms with Gasteiger partial charge in [-0.05, 0) is 25.8 Å². The maximum atomic E-state index is 12.8. The highest BCUT2D eigenvalue weighted by Gasteiger charge is 2.35. The van der Waals surface area contributed by atoms with E-state index in [1.165, 1.54) is 4.90 Å². The summed E-state index contributed by atoms with van der Waals surface area (Å²) in [5, 5.41) is 10.1. The molecule has 0 spiro atoms. The first-order valence-electron chi connectivity index (χ1n) is 7.25. The number of hydrogen-bond donors (Lipinski definition) is 1. The molecule has 110 valence electrons. The van der Waals surface area contributed by atoms with E-state index in [4.69, 9.17) is 0 Å². The van der Waals surface area contributed by atoms with Gasteiger partial charge in [0.25, 0.3) is 5.91 Å². The Bertz CT molecular complexity index is 705. The number of carbonyl (C=O) groups excluding carboxylic acids is 1. The predicted octanol–water partition coefficient (Wildman–Crippen LogP) is 2.35. The minimum atomic E-state index is -0.917. The van der Waals surface area contributed by atoms with E-state index in [1.54, 1.807) is 0 Å². The third kappa shape index (κ3) is 2.18. The first-order valence-corrected chi connectivity index (χ1v) is 7.25. The fourth-order valence-electron chi connectivity index (χ4n) is 3.10. The Hall–Kier alpha value is -2.30. The first kappa shape index (κ1) is 13.7. The molecule has 0 saturated carbocycles. The minimum Gasteiger partial charge on any atom is -0.480 e. The second-order valence-electron chi connectivity index (χ2n) is 5.34. The number of likely N-dealkylation sites (tertiary alicyclic amines) is 1. The van der Waals surface area contributed by atoms with Crippen molar-refractivity contribution in [3.8, 4) is 0 Å². The Labute approximate surface area is 122 Å². The molecule has 1 aliphatic rings. The molecule has 1 atom stereocenters. The van der Waals surface area contributed by atoms with Crippen molar-refractivity contribution in [1.82, 2.24) is 9.47 Å². The molecule has 0 radical (unpaired) electrons. The predicted molar refractivity (Wildman–Crippen MR) is 79.3 cm³/mol. The van der Waals surface area contributed by atoms with Crippen LogP contribution in [0.5, 0.6) is 0 Å². The van der Waals surface area contributed by atoms with Gasteiger partial charge >= 0.3 is 5.97 Å². The van der Waals surface area contributed by atoms with Crippen LogP contribution in [0.25, 0.3) is 10.9 Å². The molecule has 2 aromatic rings. The topological polar surface area (TPSA) is 62.5 Å². The summed E-state index contributed by atoms with van der Waals surface area (Å²) in [7, 11) is 0. The van der Waals surface area contributed by atoms with Crippen LogP contribution >= 0.6 is 0 Å². The van der Waals surface area contributed by atoms with Crippen molar-refractivity contribution in [2.24, 2.45) is 0 Å². The summed E-state index contributed by atoms with van der Waals surface area (Å²) in [6.07, 6.45) is 3.12. The summed E-state index contributed by atoms with van der Waals surface area (Å²) in [4.78, 5) is 25.5. The summed E-state index contributed by atoms with van der Waals surface area (Å²) in [5.41, 5.74) is 1.61. The van der Waals surface area contributed by atoms with Crippen molar-refractivity contribution in [2.75, 3.05) is 6.54 Å². The van der Waals surface area contributed by atoms with E-state index in [9.17, 15) is 14.7 Å². The molecule has 1 N–H and O–H groups in total. The number of rotatable bonds is 3. The van der Waals surface area contributed by atoms with E-state index in [1.807, 2.05) is 42.0 Å². The molecule has 1 amide bonds. The average Bonchev–Trinajstić information content (AvgIpc) is 3.11. The monoisotopic (exact) mass is 286 g/mol. The van der Waals surface area contributed by atoms with Crippen LogP contribution in [0, 0.1) is 0 Å². The van der Waals surface area contributed by atoms with Gasteiger partial charge < -0.3 is 14.6 Å². The highest BCUT2D eigenvalue weighted by Crippen LogP contribution is 2.26.